The summed E-state index contributed by atoms with van der Waals surface area (Å²) in [6, 6.07) is -0.530. The van der Waals surface area contributed by atoms with Crippen LogP contribution in [0.1, 0.15) is 6.42 Å². The van der Waals surface area contributed by atoms with Gasteiger partial charge in [0.25, 0.3) is 0 Å². The third-order valence-corrected chi connectivity index (χ3v) is 2.06. The summed E-state index contributed by atoms with van der Waals surface area (Å²) < 4.78 is 4.80. The van der Waals surface area contributed by atoms with Gasteiger partial charge in [-0.3, -0.25) is 4.90 Å². The first kappa shape index (κ1) is 6.45. The van der Waals surface area contributed by atoms with Gasteiger partial charge in [0.05, 0.1) is 6.54 Å². The number of rotatable bonds is 0. The molecule has 2 saturated heterocycles. The highest BCUT2D eigenvalue weighted by molar-refractivity contribution is 5.84. The molecule has 2 fully saturated rings. The van der Waals surface area contributed by atoms with Crippen molar-refractivity contribution in [2.24, 2.45) is 0 Å². The fraction of sp³-hybridized carbons (Fsp3) is 0.667. The molecule has 2 heterocycles. The van der Waals surface area contributed by atoms with Crippen LogP contribution in [-0.2, 0) is 9.53 Å². The van der Waals surface area contributed by atoms with Gasteiger partial charge in [0, 0.05) is 6.42 Å². The summed E-state index contributed by atoms with van der Waals surface area (Å²) in [4.78, 5) is 22.4. The van der Waals surface area contributed by atoms with Gasteiger partial charge in [0.1, 0.15) is 12.1 Å². The molecule has 1 N–H and O–H groups in total. The molecule has 0 spiro atoms. The number of carbonyl (C=O) groups excluding carboxylic acids is 1. The van der Waals surface area contributed by atoms with E-state index in [9.17, 15) is 9.59 Å². The Morgan fingerprint density at radius 2 is 2.45 bits per heavy atom. The minimum atomic E-state index is -1.03. The molecule has 1 unspecified atom stereocenters. The minimum Gasteiger partial charge on any atom is -0.465 e. The van der Waals surface area contributed by atoms with Gasteiger partial charge in [-0.1, -0.05) is 0 Å². The van der Waals surface area contributed by atoms with E-state index in [4.69, 9.17) is 9.84 Å². The summed E-state index contributed by atoms with van der Waals surface area (Å²) in [5, 5.41) is 8.57. The number of hydrogen-bond donors (Lipinski definition) is 1. The molecular formula is C6H7NO4. The van der Waals surface area contributed by atoms with Crippen LogP contribution in [0.5, 0.6) is 0 Å². The van der Waals surface area contributed by atoms with Crippen molar-refractivity contribution in [3.05, 3.63) is 0 Å². The lowest BCUT2D eigenvalue weighted by Crippen LogP contribution is -2.43. The van der Waals surface area contributed by atoms with Crippen molar-refractivity contribution in [1.82, 2.24) is 4.90 Å². The third kappa shape index (κ3) is 0.768. The van der Waals surface area contributed by atoms with Crippen molar-refractivity contribution in [3.63, 3.8) is 0 Å². The maximum Gasteiger partial charge on any atom is 0.408 e. The normalized spacial score (nSPS) is 34.2. The van der Waals surface area contributed by atoms with Crippen molar-refractivity contribution >= 4 is 12.1 Å². The Morgan fingerprint density at radius 1 is 1.73 bits per heavy atom. The molecule has 1 amide bonds. The summed E-state index contributed by atoms with van der Waals surface area (Å²) >= 11 is 0. The number of esters is 1. The van der Waals surface area contributed by atoms with Crippen LogP contribution in [0.15, 0.2) is 0 Å². The standard InChI is InChI=1S/C6H7NO4/c8-5-4-1-3(11-5)2-7(4)6(9)10/h3-4H,1-2H2,(H,9,10)/t3?,4-/m1/s1. The largest absolute Gasteiger partial charge is 0.465 e. The first-order valence-electron chi connectivity index (χ1n) is 3.38. The van der Waals surface area contributed by atoms with E-state index in [-0.39, 0.29) is 6.10 Å². The molecule has 0 aliphatic carbocycles. The Balaban J connectivity index is 2.18. The SMILES string of the molecule is O=C1OC2C[C@H]1N(C(=O)O)C2. The monoisotopic (exact) mass is 157 g/mol. The lowest BCUT2D eigenvalue weighted by molar-refractivity contribution is -0.149. The van der Waals surface area contributed by atoms with Crippen LogP contribution >= 0.6 is 0 Å². The molecular weight excluding hydrogens is 150 g/mol. The second-order valence-corrected chi connectivity index (χ2v) is 2.75. The highest BCUT2D eigenvalue weighted by Crippen LogP contribution is 2.28. The van der Waals surface area contributed by atoms with E-state index < -0.39 is 18.1 Å². The number of ether oxygens (including phenoxy) is 1. The van der Waals surface area contributed by atoms with E-state index in [1.807, 2.05) is 0 Å². The van der Waals surface area contributed by atoms with Gasteiger partial charge in [0.2, 0.25) is 0 Å². The van der Waals surface area contributed by atoms with E-state index in [1.165, 1.54) is 0 Å². The molecule has 2 aliphatic rings. The van der Waals surface area contributed by atoms with Crippen LogP contribution in [0.25, 0.3) is 0 Å². The molecule has 5 nitrogen and oxygen atoms in total. The molecule has 2 atom stereocenters. The zero-order chi connectivity index (χ0) is 8.01. The molecule has 0 aromatic heterocycles. The average Bonchev–Trinajstić information content (AvgIpc) is 2.43. The number of carbonyl (C=O) groups is 2. The molecule has 2 bridgehead atoms. The average molecular weight is 157 g/mol. The Labute approximate surface area is 62.5 Å². The Kier molecular flexibility index (Phi) is 1.10. The molecule has 2 aliphatic heterocycles. The molecule has 0 radical (unpaired) electrons. The van der Waals surface area contributed by atoms with Gasteiger partial charge in [-0.15, -0.1) is 0 Å². The molecule has 11 heavy (non-hydrogen) atoms. The smallest absolute Gasteiger partial charge is 0.408 e. The summed E-state index contributed by atoms with van der Waals surface area (Å²) in [6.45, 7) is 0.339. The predicted octanol–water partition coefficient (Wildman–Crippen LogP) is -0.336. The third-order valence-electron chi connectivity index (χ3n) is 2.06. The minimum absolute atomic E-state index is 0.191. The molecule has 5 heteroatoms. The van der Waals surface area contributed by atoms with Crippen molar-refractivity contribution in [2.45, 2.75) is 18.6 Å². The van der Waals surface area contributed by atoms with E-state index >= 15 is 0 Å². The maximum atomic E-state index is 10.8. The first-order valence-corrected chi connectivity index (χ1v) is 3.38. The molecule has 2 rings (SSSR count). The van der Waals surface area contributed by atoms with Gasteiger partial charge >= 0.3 is 12.1 Å². The van der Waals surface area contributed by atoms with Crippen LogP contribution in [0.2, 0.25) is 0 Å². The summed E-state index contributed by atoms with van der Waals surface area (Å²) in [6.07, 6.45) is -0.691. The summed E-state index contributed by atoms with van der Waals surface area (Å²) in [5.41, 5.74) is 0. The molecule has 0 saturated carbocycles. The molecule has 0 aromatic carbocycles. The van der Waals surface area contributed by atoms with Crippen molar-refractivity contribution < 1.29 is 19.4 Å². The Hall–Kier alpha value is -1.26. The van der Waals surface area contributed by atoms with Crippen molar-refractivity contribution in [2.75, 3.05) is 6.54 Å². The van der Waals surface area contributed by atoms with E-state index in [0.29, 0.717) is 13.0 Å². The number of likely N-dealkylation sites (tertiary alicyclic amines) is 1. The predicted molar refractivity (Wildman–Crippen MR) is 33.0 cm³/mol. The number of carboxylic acid groups (broad SMARTS) is 1. The van der Waals surface area contributed by atoms with Gasteiger partial charge in [-0.05, 0) is 0 Å². The van der Waals surface area contributed by atoms with E-state index in [0.717, 1.165) is 4.90 Å². The van der Waals surface area contributed by atoms with Crippen LogP contribution in [0.3, 0.4) is 0 Å². The fourth-order valence-electron chi connectivity index (χ4n) is 1.56. The lowest BCUT2D eigenvalue weighted by Gasteiger charge is -2.22. The van der Waals surface area contributed by atoms with Crippen molar-refractivity contribution in [3.8, 4) is 0 Å². The quantitative estimate of drug-likeness (QED) is 0.488. The summed E-state index contributed by atoms with van der Waals surface area (Å²) in [5.74, 6) is -0.399. The Morgan fingerprint density at radius 3 is 2.82 bits per heavy atom. The number of nitrogens with zero attached hydrogens (tertiary/aromatic N) is 1. The zero-order valence-corrected chi connectivity index (χ0v) is 5.69. The fourth-order valence-corrected chi connectivity index (χ4v) is 1.56. The number of hydrogen-bond acceptors (Lipinski definition) is 3. The number of morpholine rings is 1. The van der Waals surface area contributed by atoms with Crippen LogP contribution < -0.4 is 0 Å². The van der Waals surface area contributed by atoms with Crippen LogP contribution in [-0.4, -0.2) is 40.8 Å². The van der Waals surface area contributed by atoms with Gasteiger partial charge < -0.3 is 9.84 Å². The van der Waals surface area contributed by atoms with Crippen LogP contribution in [0.4, 0.5) is 4.79 Å². The Bertz CT molecular complexity index is 227. The second kappa shape index (κ2) is 1.87. The highest BCUT2D eigenvalue weighted by atomic mass is 16.6. The second-order valence-electron chi connectivity index (χ2n) is 2.75. The van der Waals surface area contributed by atoms with Gasteiger partial charge in [0.15, 0.2) is 0 Å². The zero-order valence-electron chi connectivity index (χ0n) is 5.69. The number of fused-ring (bicyclic) bond motifs is 2. The van der Waals surface area contributed by atoms with Gasteiger partial charge in [-0.25, -0.2) is 9.59 Å². The topological polar surface area (TPSA) is 66.8 Å². The first-order chi connectivity index (χ1) is 5.18. The number of amides is 1. The maximum absolute atomic E-state index is 10.8. The van der Waals surface area contributed by atoms with Crippen molar-refractivity contribution in [1.29, 1.82) is 0 Å². The summed E-state index contributed by atoms with van der Waals surface area (Å²) in [7, 11) is 0. The van der Waals surface area contributed by atoms with Gasteiger partial charge in [-0.2, -0.15) is 0 Å². The molecule has 0 aromatic rings. The lowest BCUT2D eigenvalue weighted by atomic mass is 10.2. The van der Waals surface area contributed by atoms with Crippen LogP contribution in [0, 0.1) is 0 Å². The van der Waals surface area contributed by atoms with E-state index in [2.05, 4.69) is 0 Å². The van der Waals surface area contributed by atoms with E-state index in [1.54, 1.807) is 0 Å². The molecule has 60 valence electrons. The highest BCUT2D eigenvalue weighted by Gasteiger charge is 2.48.